The van der Waals surface area contributed by atoms with Gasteiger partial charge in [0.2, 0.25) is 0 Å². The molecule has 77 heavy (non-hydrogen) atoms. The van der Waals surface area contributed by atoms with Crippen LogP contribution in [0, 0.1) is 0 Å². The highest BCUT2D eigenvalue weighted by Crippen LogP contribution is 2.27. The van der Waals surface area contributed by atoms with Gasteiger partial charge in [0.05, 0.1) is 26.4 Å². The maximum atomic E-state index is 13.1. The second kappa shape index (κ2) is 49.0. The fourth-order valence-electron chi connectivity index (χ4n) is 9.05. The molecule has 2 rings (SSSR count). The summed E-state index contributed by atoms with van der Waals surface area (Å²) in [6.45, 7) is 3.50. The number of aliphatic hydroxyl groups excluding tert-OH is 7. The minimum absolute atomic E-state index is 0.0394. The summed E-state index contributed by atoms with van der Waals surface area (Å²) >= 11 is 0. The van der Waals surface area contributed by atoms with Gasteiger partial charge in [-0.2, -0.15) is 0 Å². The quantitative estimate of drug-likeness (QED) is 0.0172. The Hall–Kier alpha value is -2.83. The van der Waals surface area contributed by atoms with Crippen LogP contribution < -0.4 is 0 Å². The van der Waals surface area contributed by atoms with E-state index in [0.29, 0.717) is 13.0 Å². The van der Waals surface area contributed by atoms with Crippen LogP contribution in [-0.4, -0.2) is 142 Å². The van der Waals surface area contributed by atoms with E-state index in [2.05, 4.69) is 98.9 Å². The van der Waals surface area contributed by atoms with E-state index in [1.165, 1.54) is 89.9 Å². The number of hydrogen-bond acceptors (Lipinski definition) is 14. The number of ether oxygens (including phenoxy) is 6. The summed E-state index contributed by atoms with van der Waals surface area (Å²) in [6.07, 6.45) is 47.8. The summed E-state index contributed by atoms with van der Waals surface area (Å²) in [5.41, 5.74) is 0. The third-order valence-electron chi connectivity index (χ3n) is 13.9. The summed E-state index contributed by atoms with van der Waals surface area (Å²) < 4.78 is 34.4. The second-order valence-electron chi connectivity index (χ2n) is 20.8. The van der Waals surface area contributed by atoms with Gasteiger partial charge in [-0.1, -0.05) is 195 Å². The Morgan fingerprint density at radius 2 is 0.844 bits per heavy atom. The predicted molar refractivity (Wildman–Crippen MR) is 307 cm³/mol. The van der Waals surface area contributed by atoms with Crippen molar-refractivity contribution in [3.8, 4) is 0 Å². The first-order valence-electron chi connectivity index (χ1n) is 30.2. The van der Waals surface area contributed by atoms with Crippen LogP contribution in [0.15, 0.2) is 85.1 Å². The Labute approximate surface area is 465 Å². The summed E-state index contributed by atoms with van der Waals surface area (Å²) in [6, 6.07) is 0. The van der Waals surface area contributed by atoms with Crippen LogP contribution in [0.3, 0.4) is 0 Å². The van der Waals surface area contributed by atoms with Gasteiger partial charge in [-0.25, -0.2) is 0 Å². The largest absolute Gasteiger partial charge is 0.457 e. The average molecular weight is 1090 g/mol. The highest BCUT2D eigenvalue weighted by molar-refractivity contribution is 5.69. The van der Waals surface area contributed by atoms with E-state index in [0.717, 1.165) is 89.9 Å². The Morgan fingerprint density at radius 3 is 1.32 bits per heavy atom. The van der Waals surface area contributed by atoms with Crippen molar-refractivity contribution in [1.82, 2.24) is 0 Å². The summed E-state index contributed by atoms with van der Waals surface area (Å²) in [5, 5.41) is 72.4. The first-order chi connectivity index (χ1) is 37.6. The molecule has 2 fully saturated rings. The number of carbonyl (C=O) groups is 1. The molecule has 0 bridgehead atoms. The second-order valence-corrected chi connectivity index (χ2v) is 20.8. The van der Waals surface area contributed by atoms with E-state index in [4.69, 9.17) is 28.4 Å². The van der Waals surface area contributed by atoms with Crippen LogP contribution in [0.25, 0.3) is 0 Å². The minimum Gasteiger partial charge on any atom is -0.457 e. The molecule has 0 spiro atoms. The van der Waals surface area contributed by atoms with Crippen molar-refractivity contribution in [2.24, 2.45) is 0 Å². The maximum absolute atomic E-state index is 13.1. The molecular formula is C63H108O14. The molecule has 2 aliphatic rings. The van der Waals surface area contributed by atoms with Crippen LogP contribution in [0.2, 0.25) is 0 Å². The number of unbranched alkanes of at least 4 members (excludes halogenated alkanes) is 20. The molecule has 14 heteroatoms. The molecule has 0 aromatic carbocycles. The fourth-order valence-corrected chi connectivity index (χ4v) is 9.05. The highest BCUT2D eigenvalue weighted by atomic mass is 16.7. The number of carbonyl (C=O) groups excluding carboxylic acids is 1. The molecule has 0 aromatic heterocycles. The summed E-state index contributed by atoms with van der Waals surface area (Å²) in [7, 11) is 0. The Morgan fingerprint density at radius 1 is 0.442 bits per heavy atom. The van der Waals surface area contributed by atoms with Crippen LogP contribution in [0.4, 0.5) is 0 Å². The molecule has 11 unspecified atom stereocenters. The van der Waals surface area contributed by atoms with Gasteiger partial charge in [-0.15, -0.1) is 0 Å². The van der Waals surface area contributed by atoms with Crippen molar-refractivity contribution in [1.29, 1.82) is 0 Å². The third kappa shape index (κ3) is 35.5. The smallest absolute Gasteiger partial charge is 0.306 e. The van der Waals surface area contributed by atoms with Gasteiger partial charge in [-0.05, 0) is 89.9 Å². The zero-order valence-corrected chi connectivity index (χ0v) is 47.7. The molecule has 0 saturated carbocycles. The first-order valence-corrected chi connectivity index (χ1v) is 30.2. The Bertz CT molecular complexity index is 1590. The lowest BCUT2D eigenvalue weighted by Gasteiger charge is -2.42. The van der Waals surface area contributed by atoms with Crippen molar-refractivity contribution in [3.63, 3.8) is 0 Å². The van der Waals surface area contributed by atoms with E-state index in [1.54, 1.807) is 0 Å². The van der Waals surface area contributed by atoms with Gasteiger partial charge < -0.3 is 64.2 Å². The molecule has 444 valence electrons. The van der Waals surface area contributed by atoms with E-state index >= 15 is 0 Å². The zero-order chi connectivity index (χ0) is 55.8. The number of aliphatic hydroxyl groups is 7. The molecule has 2 heterocycles. The maximum Gasteiger partial charge on any atom is 0.306 e. The fraction of sp³-hybridized carbons (Fsp3) is 0.762. The molecule has 2 saturated heterocycles. The van der Waals surface area contributed by atoms with Crippen LogP contribution in [-0.2, 0) is 33.2 Å². The van der Waals surface area contributed by atoms with Gasteiger partial charge >= 0.3 is 5.97 Å². The summed E-state index contributed by atoms with van der Waals surface area (Å²) in [5.74, 6) is -0.389. The molecule has 11 atom stereocenters. The van der Waals surface area contributed by atoms with Gasteiger partial charge in [0.25, 0.3) is 0 Å². The normalized spacial score (nSPS) is 24.9. The zero-order valence-electron chi connectivity index (χ0n) is 47.7. The average Bonchev–Trinajstić information content (AvgIpc) is 3.43. The van der Waals surface area contributed by atoms with Gasteiger partial charge in [0.1, 0.15) is 54.9 Å². The number of rotatable bonds is 48. The lowest BCUT2D eigenvalue weighted by molar-refractivity contribution is -0.332. The summed E-state index contributed by atoms with van der Waals surface area (Å²) in [4.78, 5) is 13.1. The minimum atomic E-state index is -1.72. The van der Waals surface area contributed by atoms with Crippen molar-refractivity contribution >= 4 is 5.97 Å². The number of hydrogen-bond donors (Lipinski definition) is 7. The predicted octanol–water partition coefficient (Wildman–Crippen LogP) is 11.2. The number of esters is 1. The molecule has 0 aliphatic carbocycles. The first kappa shape index (κ1) is 70.3. The van der Waals surface area contributed by atoms with E-state index in [9.17, 15) is 40.5 Å². The van der Waals surface area contributed by atoms with Crippen LogP contribution in [0.5, 0.6) is 0 Å². The highest BCUT2D eigenvalue weighted by Gasteiger charge is 2.47. The molecule has 0 aromatic rings. The van der Waals surface area contributed by atoms with E-state index in [-0.39, 0.29) is 25.6 Å². The monoisotopic (exact) mass is 1090 g/mol. The van der Waals surface area contributed by atoms with Crippen molar-refractivity contribution < 1.29 is 69.0 Å². The SMILES string of the molecule is CC/C=C\C/C=C\C/C=C\C/C=C\C/C=C\CCCCCCOCC(COC1OC(COC2OC(CO)C(O)C(O)C2O)C(O)C(O)C1O)OC(=O)CCCCCCCCCCCCC/C=C\C/C=C\CCCCCCC. The Balaban J connectivity index is 1.72. The van der Waals surface area contributed by atoms with Gasteiger partial charge in [0.15, 0.2) is 12.6 Å². The topological polar surface area (TPSA) is 214 Å². The van der Waals surface area contributed by atoms with Crippen molar-refractivity contribution in [2.45, 2.75) is 274 Å². The van der Waals surface area contributed by atoms with Crippen LogP contribution >= 0.6 is 0 Å². The van der Waals surface area contributed by atoms with Crippen molar-refractivity contribution in [3.05, 3.63) is 85.1 Å². The van der Waals surface area contributed by atoms with Crippen LogP contribution in [0.1, 0.15) is 206 Å². The molecule has 14 nitrogen and oxygen atoms in total. The molecule has 7 N–H and O–H groups in total. The van der Waals surface area contributed by atoms with Gasteiger partial charge in [-0.3, -0.25) is 4.79 Å². The lowest BCUT2D eigenvalue weighted by Crippen LogP contribution is -2.61. The standard InChI is InChI=1S/C63H108O14/c1-3-5-7-9-11-13-15-17-19-21-23-25-26-27-28-30-32-34-36-38-40-42-44-46-55(65)75-52(49-72-47-45-43-41-39-37-35-33-31-29-24-22-20-18-16-14-12-10-8-6-4-2)50-73-62-61(71)59(69)57(67)54(77-62)51-74-63-60(70)58(68)56(66)53(48-64)76-63/h6,8,12,14-15,17-18,20-21,23-24,29,33,35,52-54,56-64,66-71H,3-5,7,9-11,13,16,19,22,25-28,30-32,34,36-51H2,1-2H3/b8-6-,14-12-,17-15-,20-18-,23-21-,29-24-,35-33-. The lowest BCUT2D eigenvalue weighted by atomic mass is 9.98. The number of allylic oxidation sites excluding steroid dienone is 14. The van der Waals surface area contributed by atoms with E-state index < -0.39 is 80.7 Å². The van der Waals surface area contributed by atoms with Gasteiger partial charge in [0, 0.05) is 13.0 Å². The molecule has 2 aliphatic heterocycles. The molecule has 0 amide bonds. The third-order valence-corrected chi connectivity index (χ3v) is 13.9. The molecular weight excluding hydrogens is 981 g/mol. The molecule has 0 radical (unpaired) electrons. The Kier molecular flexibility index (Phi) is 44.7. The van der Waals surface area contributed by atoms with Crippen molar-refractivity contribution in [2.75, 3.05) is 33.0 Å². The van der Waals surface area contributed by atoms with E-state index in [1.807, 2.05) is 0 Å².